The highest BCUT2D eigenvalue weighted by Crippen LogP contribution is 2.27. The summed E-state index contributed by atoms with van der Waals surface area (Å²) in [6.45, 7) is 0.437. The van der Waals surface area contributed by atoms with Crippen molar-refractivity contribution < 1.29 is 13.5 Å². The summed E-state index contributed by atoms with van der Waals surface area (Å²) in [6, 6.07) is 0. The quantitative estimate of drug-likeness (QED) is 0.561. The number of ether oxygens (including phenoxy) is 1. The smallest absolute Gasteiger partial charge is 0.268 e. The first kappa shape index (κ1) is 12.4. The first-order valence-electron chi connectivity index (χ1n) is 5.12. The van der Waals surface area contributed by atoms with E-state index in [4.69, 9.17) is 4.74 Å². The van der Waals surface area contributed by atoms with E-state index in [1.807, 2.05) is 0 Å². The van der Waals surface area contributed by atoms with Crippen molar-refractivity contribution >= 4 is 15.9 Å². The van der Waals surface area contributed by atoms with Gasteiger partial charge in [-0.15, -0.1) is 0 Å². The maximum Gasteiger partial charge on any atom is 0.268 e. The van der Waals surface area contributed by atoms with Gasteiger partial charge >= 0.3 is 0 Å². The lowest BCUT2D eigenvalue weighted by Crippen LogP contribution is -2.29. The molecule has 1 saturated carbocycles. The Bertz CT molecular complexity index is 170. The van der Waals surface area contributed by atoms with Crippen molar-refractivity contribution in [3.05, 3.63) is 0 Å². The molecule has 2 atom stereocenters. The second kappa shape index (κ2) is 5.40. The lowest BCUT2D eigenvalue weighted by atomic mass is 10.1. The minimum Gasteiger partial charge on any atom is -0.371 e. The summed E-state index contributed by atoms with van der Waals surface area (Å²) in [5, 5.41) is 0. The molecule has 0 bridgehead atoms. The van der Waals surface area contributed by atoms with Crippen LogP contribution >= 0.6 is 15.9 Å². The fourth-order valence-electron chi connectivity index (χ4n) is 1.67. The van der Waals surface area contributed by atoms with Crippen LogP contribution in [0, 0.1) is 0 Å². The summed E-state index contributed by atoms with van der Waals surface area (Å²) in [7, 11) is 0. The molecule has 0 aromatic heterocycles. The first-order valence-corrected chi connectivity index (χ1v) is 6.04. The van der Waals surface area contributed by atoms with E-state index in [2.05, 4.69) is 15.9 Å². The van der Waals surface area contributed by atoms with Crippen molar-refractivity contribution in [1.82, 2.24) is 0 Å². The van der Waals surface area contributed by atoms with Crippen molar-refractivity contribution in [3.63, 3.8) is 0 Å². The van der Waals surface area contributed by atoms with Gasteiger partial charge in [0.1, 0.15) is 6.61 Å². The first-order chi connectivity index (χ1) is 6.49. The maximum absolute atomic E-state index is 12.6. The highest BCUT2D eigenvalue weighted by molar-refractivity contribution is 9.09. The molecule has 0 radical (unpaired) electrons. The van der Waals surface area contributed by atoms with Gasteiger partial charge in [0.2, 0.25) is 0 Å². The molecule has 0 saturated heterocycles. The average molecular weight is 271 g/mol. The Hall–Kier alpha value is 0.300. The summed E-state index contributed by atoms with van der Waals surface area (Å²) < 4.78 is 30.4. The molecule has 0 N–H and O–H groups in total. The van der Waals surface area contributed by atoms with E-state index in [1.165, 1.54) is 6.42 Å². The predicted octanol–water partition coefficient (Wildman–Crippen LogP) is 3.75. The SMILES string of the molecule is CC(F)(F)COC1CCCCCC1Br. The number of hydrogen-bond donors (Lipinski definition) is 0. The Morgan fingerprint density at radius 1 is 1.29 bits per heavy atom. The van der Waals surface area contributed by atoms with Crippen molar-refractivity contribution in [2.24, 2.45) is 0 Å². The van der Waals surface area contributed by atoms with Crippen LogP contribution in [0.25, 0.3) is 0 Å². The molecule has 1 fully saturated rings. The molecule has 1 nitrogen and oxygen atoms in total. The van der Waals surface area contributed by atoms with Crippen molar-refractivity contribution in [3.8, 4) is 0 Å². The molecule has 1 aliphatic carbocycles. The van der Waals surface area contributed by atoms with Crippen molar-refractivity contribution in [2.45, 2.75) is 55.9 Å². The van der Waals surface area contributed by atoms with Gasteiger partial charge in [-0.2, -0.15) is 0 Å². The van der Waals surface area contributed by atoms with Gasteiger partial charge in [-0.25, -0.2) is 8.78 Å². The third-order valence-electron chi connectivity index (χ3n) is 2.42. The molecule has 2 unspecified atom stereocenters. The lowest BCUT2D eigenvalue weighted by molar-refractivity contribution is -0.0880. The van der Waals surface area contributed by atoms with E-state index in [-0.39, 0.29) is 10.9 Å². The summed E-state index contributed by atoms with van der Waals surface area (Å²) in [5.74, 6) is -2.71. The molecular formula is C10H17BrF2O. The van der Waals surface area contributed by atoms with Crippen LogP contribution in [0.1, 0.15) is 39.0 Å². The van der Waals surface area contributed by atoms with Crippen LogP contribution in [0.3, 0.4) is 0 Å². The molecule has 4 heteroatoms. The molecule has 1 rings (SSSR count). The Morgan fingerprint density at radius 2 is 1.93 bits per heavy atom. The highest BCUT2D eigenvalue weighted by atomic mass is 79.9. The second-order valence-electron chi connectivity index (χ2n) is 4.07. The van der Waals surface area contributed by atoms with E-state index in [1.54, 1.807) is 0 Å². The monoisotopic (exact) mass is 270 g/mol. The zero-order valence-electron chi connectivity index (χ0n) is 8.44. The van der Waals surface area contributed by atoms with Crippen LogP contribution in [-0.4, -0.2) is 23.5 Å². The summed E-state index contributed by atoms with van der Waals surface area (Å²) in [6.07, 6.45) is 5.32. The third-order valence-corrected chi connectivity index (χ3v) is 3.47. The standard InChI is InChI=1S/C10H17BrF2O/c1-10(12,13)7-14-9-6-4-2-3-5-8(9)11/h8-9H,2-7H2,1H3. The largest absolute Gasteiger partial charge is 0.371 e. The van der Waals surface area contributed by atoms with E-state index >= 15 is 0 Å². The number of hydrogen-bond acceptors (Lipinski definition) is 1. The normalized spacial score (nSPS) is 30.0. The Balaban J connectivity index is 2.33. The van der Waals surface area contributed by atoms with Crippen LogP contribution in [0.5, 0.6) is 0 Å². The molecule has 14 heavy (non-hydrogen) atoms. The van der Waals surface area contributed by atoms with Gasteiger partial charge < -0.3 is 4.74 Å². The molecule has 0 aliphatic heterocycles. The van der Waals surface area contributed by atoms with Gasteiger partial charge in [-0.3, -0.25) is 0 Å². The molecule has 0 aromatic rings. The Labute approximate surface area is 92.3 Å². The Kier molecular flexibility index (Phi) is 4.77. The van der Waals surface area contributed by atoms with E-state index in [9.17, 15) is 8.78 Å². The fraction of sp³-hybridized carbons (Fsp3) is 1.00. The van der Waals surface area contributed by atoms with Crippen molar-refractivity contribution in [2.75, 3.05) is 6.61 Å². The van der Waals surface area contributed by atoms with Gasteiger partial charge in [-0.05, 0) is 12.8 Å². The lowest BCUT2D eigenvalue weighted by Gasteiger charge is -2.22. The van der Waals surface area contributed by atoms with Gasteiger partial charge in [0.15, 0.2) is 0 Å². The molecule has 0 spiro atoms. The van der Waals surface area contributed by atoms with Gasteiger partial charge in [0.25, 0.3) is 5.92 Å². The number of rotatable bonds is 3. The van der Waals surface area contributed by atoms with Crippen LogP contribution < -0.4 is 0 Å². The van der Waals surface area contributed by atoms with Crippen molar-refractivity contribution in [1.29, 1.82) is 0 Å². The predicted molar refractivity (Wildman–Crippen MR) is 56.2 cm³/mol. The van der Waals surface area contributed by atoms with E-state index < -0.39 is 12.5 Å². The van der Waals surface area contributed by atoms with Crippen LogP contribution in [0.2, 0.25) is 0 Å². The van der Waals surface area contributed by atoms with Crippen LogP contribution in [0.4, 0.5) is 8.78 Å². The number of alkyl halides is 3. The molecular weight excluding hydrogens is 254 g/mol. The van der Waals surface area contributed by atoms with Gasteiger partial charge in [0.05, 0.1) is 6.10 Å². The number of halogens is 3. The highest BCUT2D eigenvalue weighted by Gasteiger charge is 2.27. The summed E-state index contributed by atoms with van der Waals surface area (Å²) in [4.78, 5) is 0.243. The molecule has 84 valence electrons. The maximum atomic E-state index is 12.6. The second-order valence-corrected chi connectivity index (χ2v) is 5.25. The van der Waals surface area contributed by atoms with Gasteiger partial charge in [0, 0.05) is 11.8 Å². The minimum absolute atomic E-state index is 0.0386. The van der Waals surface area contributed by atoms with E-state index in [0.717, 1.165) is 32.6 Å². The van der Waals surface area contributed by atoms with Crippen LogP contribution in [-0.2, 0) is 4.74 Å². The summed E-state index contributed by atoms with van der Waals surface area (Å²) >= 11 is 3.50. The zero-order chi connectivity index (χ0) is 10.6. The minimum atomic E-state index is -2.71. The zero-order valence-corrected chi connectivity index (χ0v) is 10.0. The molecule has 0 heterocycles. The fourth-order valence-corrected chi connectivity index (χ4v) is 2.41. The van der Waals surface area contributed by atoms with E-state index in [0.29, 0.717) is 0 Å². The topological polar surface area (TPSA) is 9.23 Å². The van der Waals surface area contributed by atoms with Gasteiger partial charge in [-0.1, -0.05) is 35.2 Å². The molecule has 0 amide bonds. The Morgan fingerprint density at radius 3 is 2.57 bits per heavy atom. The molecule has 1 aliphatic rings. The third kappa shape index (κ3) is 4.69. The summed E-state index contributed by atoms with van der Waals surface area (Å²) in [5.41, 5.74) is 0. The molecule has 0 aromatic carbocycles. The average Bonchev–Trinajstić information content (AvgIpc) is 2.25. The van der Waals surface area contributed by atoms with Crippen LogP contribution in [0.15, 0.2) is 0 Å².